The van der Waals surface area contributed by atoms with E-state index in [1.807, 2.05) is 6.07 Å². The number of nitrogens with zero attached hydrogens (tertiary/aromatic N) is 3. The number of benzene rings is 2. The Morgan fingerprint density at radius 1 is 1.37 bits per heavy atom. The fraction of sp³-hybridized carbons (Fsp3) is 0.250. The zero-order valence-electron chi connectivity index (χ0n) is 14.7. The van der Waals surface area contributed by atoms with Gasteiger partial charge >= 0.3 is 0 Å². The number of carbonyl (C=O) groups is 1. The van der Waals surface area contributed by atoms with E-state index in [9.17, 15) is 9.90 Å². The molecule has 0 aliphatic carbocycles. The molecule has 2 aromatic rings. The predicted molar refractivity (Wildman–Crippen MR) is 103 cm³/mol. The summed E-state index contributed by atoms with van der Waals surface area (Å²) in [6.07, 6.45) is 0.491. The summed E-state index contributed by atoms with van der Waals surface area (Å²) in [5.74, 6) is -0.182. The van der Waals surface area contributed by atoms with E-state index in [-0.39, 0.29) is 18.6 Å². The quantitative estimate of drug-likeness (QED) is 0.822. The SMILES string of the molecule is CO/N=C1\C[C@@H](CO)N(C(=O)c2ccc(-c3cccc(C#N)c3Cl)cc2)C1. The van der Waals surface area contributed by atoms with Gasteiger partial charge in [0, 0.05) is 17.5 Å². The first kappa shape index (κ1) is 18.9. The Labute approximate surface area is 162 Å². The van der Waals surface area contributed by atoms with Crippen LogP contribution in [0.3, 0.4) is 0 Å². The summed E-state index contributed by atoms with van der Waals surface area (Å²) in [7, 11) is 1.45. The maximum absolute atomic E-state index is 12.8. The smallest absolute Gasteiger partial charge is 0.254 e. The van der Waals surface area contributed by atoms with Gasteiger partial charge in [0.2, 0.25) is 0 Å². The summed E-state index contributed by atoms with van der Waals surface area (Å²) in [5, 5.41) is 23.0. The zero-order valence-corrected chi connectivity index (χ0v) is 15.5. The van der Waals surface area contributed by atoms with E-state index < -0.39 is 0 Å². The number of oxime groups is 1. The maximum Gasteiger partial charge on any atom is 0.254 e. The molecule has 6 nitrogen and oxygen atoms in total. The number of hydrogen-bond donors (Lipinski definition) is 1. The largest absolute Gasteiger partial charge is 0.399 e. The molecular weight excluding hydrogens is 366 g/mol. The van der Waals surface area contributed by atoms with Gasteiger partial charge in [-0.05, 0) is 23.8 Å². The minimum atomic E-state index is -0.312. The lowest BCUT2D eigenvalue weighted by Crippen LogP contribution is -2.37. The second kappa shape index (κ2) is 8.21. The van der Waals surface area contributed by atoms with Crippen LogP contribution in [-0.4, -0.2) is 47.9 Å². The topological polar surface area (TPSA) is 85.9 Å². The van der Waals surface area contributed by atoms with Crippen LogP contribution in [0.5, 0.6) is 0 Å². The van der Waals surface area contributed by atoms with Gasteiger partial charge < -0.3 is 14.8 Å². The van der Waals surface area contributed by atoms with E-state index in [4.69, 9.17) is 21.7 Å². The highest BCUT2D eigenvalue weighted by molar-refractivity contribution is 6.34. The Kier molecular flexibility index (Phi) is 5.75. The van der Waals surface area contributed by atoms with Crippen LogP contribution in [0, 0.1) is 11.3 Å². The first-order valence-electron chi connectivity index (χ1n) is 8.38. The van der Waals surface area contributed by atoms with Gasteiger partial charge in [-0.25, -0.2) is 0 Å². The first-order valence-corrected chi connectivity index (χ1v) is 8.76. The molecule has 1 fully saturated rings. The average Bonchev–Trinajstić information content (AvgIpc) is 3.11. The van der Waals surface area contributed by atoms with Crippen LogP contribution in [0.15, 0.2) is 47.6 Å². The van der Waals surface area contributed by atoms with E-state index in [2.05, 4.69) is 11.2 Å². The van der Waals surface area contributed by atoms with Crippen molar-refractivity contribution in [2.45, 2.75) is 12.5 Å². The highest BCUT2D eigenvalue weighted by Gasteiger charge is 2.33. The van der Waals surface area contributed by atoms with Gasteiger partial charge in [-0.1, -0.05) is 41.0 Å². The van der Waals surface area contributed by atoms with Crippen molar-refractivity contribution in [3.63, 3.8) is 0 Å². The van der Waals surface area contributed by atoms with Crippen LogP contribution in [-0.2, 0) is 4.84 Å². The molecule has 7 heteroatoms. The molecule has 3 rings (SSSR count). The van der Waals surface area contributed by atoms with Crippen LogP contribution in [0.1, 0.15) is 22.3 Å². The molecule has 1 saturated heterocycles. The number of halogens is 1. The predicted octanol–water partition coefficient (Wildman–Crippen LogP) is 3.09. The molecule has 138 valence electrons. The molecule has 1 atom stereocenters. The number of aliphatic hydroxyl groups is 1. The highest BCUT2D eigenvalue weighted by Crippen LogP contribution is 2.31. The number of aliphatic hydroxyl groups excluding tert-OH is 1. The minimum Gasteiger partial charge on any atom is -0.399 e. The van der Waals surface area contributed by atoms with Crippen LogP contribution in [0.4, 0.5) is 0 Å². The fourth-order valence-electron chi connectivity index (χ4n) is 3.17. The molecule has 2 aromatic carbocycles. The molecule has 0 aromatic heterocycles. The molecule has 0 unspecified atom stereocenters. The third-order valence-electron chi connectivity index (χ3n) is 4.52. The van der Waals surface area contributed by atoms with E-state index in [0.29, 0.717) is 29.1 Å². The van der Waals surface area contributed by atoms with Crippen molar-refractivity contribution in [1.82, 2.24) is 4.90 Å². The molecule has 27 heavy (non-hydrogen) atoms. The van der Waals surface area contributed by atoms with Crippen molar-refractivity contribution < 1.29 is 14.7 Å². The molecule has 0 bridgehead atoms. The monoisotopic (exact) mass is 383 g/mol. The van der Waals surface area contributed by atoms with Gasteiger partial charge in [0.1, 0.15) is 13.2 Å². The number of amides is 1. The lowest BCUT2D eigenvalue weighted by atomic mass is 10.0. The lowest BCUT2D eigenvalue weighted by Gasteiger charge is -2.22. The van der Waals surface area contributed by atoms with Crippen LogP contribution < -0.4 is 0 Å². The van der Waals surface area contributed by atoms with Crippen molar-refractivity contribution in [3.05, 3.63) is 58.6 Å². The number of carbonyl (C=O) groups excluding carboxylic acids is 1. The van der Waals surface area contributed by atoms with Crippen LogP contribution in [0.2, 0.25) is 5.02 Å². The summed E-state index contributed by atoms with van der Waals surface area (Å²) in [6.45, 7) is 0.193. The molecule has 0 spiro atoms. The summed E-state index contributed by atoms with van der Waals surface area (Å²) >= 11 is 6.28. The van der Waals surface area contributed by atoms with Crippen molar-refractivity contribution >= 4 is 23.2 Å². The Balaban J connectivity index is 1.84. The van der Waals surface area contributed by atoms with Crippen LogP contribution >= 0.6 is 11.6 Å². The van der Waals surface area contributed by atoms with E-state index >= 15 is 0 Å². The second-order valence-corrected chi connectivity index (χ2v) is 6.55. The Bertz CT molecular complexity index is 919. The molecule has 1 aliphatic rings. The molecular formula is C20H18ClN3O3. The minimum absolute atomic E-state index is 0.136. The third kappa shape index (κ3) is 3.80. The highest BCUT2D eigenvalue weighted by atomic mass is 35.5. The molecule has 0 radical (unpaired) electrons. The Hall–Kier alpha value is -2.88. The van der Waals surface area contributed by atoms with Gasteiger partial charge in [0.05, 0.1) is 35.5 Å². The van der Waals surface area contributed by atoms with Gasteiger partial charge in [-0.15, -0.1) is 0 Å². The van der Waals surface area contributed by atoms with Crippen molar-refractivity contribution in [2.24, 2.45) is 5.16 Å². The molecule has 0 saturated carbocycles. The van der Waals surface area contributed by atoms with Crippen molar-refractivity contribution in [1.29, 1.82) is 5.26 Å². The summed E-state index contributed by atoms with van der Waals surface area (Å²) in [4.78, 5) is 19.2. The molecule has 1 heterocycles. The van der Waals surface area contributed by atoms with Gasteiger partial charge in [0.25, 0.3) is 5.91 Å². The standard InChI is InChI=1S/C20H18ClN3O3/c1-27-23-16-9-17(12-25)24(11-16)20(26)14-7-5-13(6-8-14)18-4-2-3-15(10-22)19(18)21/h2-8,17,25H,9,11-12H2,1H3/b23-16+/t17-/m0/s1. The summed E-state index contributed by atoms with van der Waals surface area (Å²) in [5.41, 5.74) is 3.18. The Morgan fingerprint density at radius 2 is 2.11 bits per heavy atom. The third-order valence-corrected chi connectivity index (χ3v) is 4.93. The van der Waals surface area contributed by atoms with Gasteiger partial charge in [-0.2, -0.15) is 5.26 Å². The average molecular weight is 384 g/mol. The number of likely N-dealkylation sites (tertiary alicyclic amines) is 1. The number of rotatable bonds is 4. The zero-order chi connectivity index (χ0) is 19.4. The van der Waals surface area contributed by atoms with E-state index in [0.717, 1.165) is 16.8 Å². The fourth-order valence-corrected chi connectivity index (χ4v) is 3.45. The summed E-state index contributed by atoms with van der Waals surface area (Å²) in [6, 6.07) is 14.0. The van der Waals surface area contributed by atoms with E-state index in [1.54, 1.807) is 41.3 Å². The van der Waals surface area contributed by atoms with Crippen LogP contribution in [0.25, 0.3) is 11.1 Å². The van der Waals surface area contributed by atoms with E-state index in [1.165, 1.54) is 7.11 Å². The number of nitriles is 1. The Morgan fingerprint density at radius 3 is 2.74 bits per heavy atom. The normalized spacial score (nSPS) is 17.8. The maximum atomic E-state index is 12.8. The number of hydrogen-bond acceptors (Lipinski definition) is 5. The van der Waals surface area contributed by atoms with Crippen molar-refractivity contribution in [3.8, 4) is 17.2 Å². The molecule has 1 N–H and O–H groups in total. The van der Waals surface area contributed by atoms with Gasteiger partial charge in [0.15, 0.2) is 0 Å². The van der Waals surface area contributed by atoms with Gasteiger partial charge in [-0.3, -0.25) is 4.79 Å². The summed E-state index contributed by atoms with van der Waals surface area (Å²) < 4.78 is 0. The molecule has 1 aliphatic heterocycles. The van der Waals surface area contributed by atoms with Crippen molar-refractivity contribution in [2.75, 3.05) is 20.3 Å². The second-order valence-electron chi connectivity index (χ2n) is 6.17. The molecule has 1 amide bonds. The lowest BCUT2D eigenvalue weighted by molar-refractivity contribution is 0.0680. The first-order chi connectivity index (χ1) is 13.1.